The average molecular weight is 691 g/mol. The number of allylic oxidation sites excluding steroid dienone is 2. The zero-order valence-electron chi connectivity index (χ0n) is 22.8. The highest BCUT2D eigenvalue weighted by atomic mass is 35.5. The molecule has 6 rings (SSSR count). The van der Waals surface area contributed by atoms with Crippen molar-refractivity contribution in [3.8, 4) is 5.75 Å². The SMILES string of the molecule is O=C(O)CCN1C(=O)C2CC=C3C(CC4(Cl)C(=O)N(c5c(F)c(F)c(F)c(F)c5F)C(=O)C4(Cl)C3c3cccc(F)c3O)C2C1=O. The Balaban J connectivity index is 1.58. The van der Waals surface area contributed by atoms with Crippen LogP contribution in [0.1, 0.15) is 30.7 Å². The normalized spacial score (nSPS) is 30.4. The minimum Gasteiger partial charge on any atom is -0.505 e. The van der Waals surface area contributed by atoms with Crippen LogP contribution in [-0.4, -0.2) is 61.0 Å². The lowest BCUT2D eigenvalue weighted by Gasteiger charge is -2.50. The summed E-state index contributed by atoms with van der Waals surface area (Å²) in [6.45, 7) is -0.507. The van der Waals surface area contributed by atoms with Gasteiger partial charge in [0.1, 0.15) is 5.69 Å². The van der Waals surface area contributed by atoms with Gasteiger partial charge in [-0.05, 0) is 24.8 Å². The van der Waals surface area contributed by atoms with Crippen LogP contribution in [0.2, 0.25) is 0 Å². The molecule has 2 aromatic rings. The maximum absolute atomic E-state index is 15.0. The highest BCUT2D eigenvalue weighted by molar-refractivity contribution is 6.58. The monoisotopic (exact) mass is 690 g/mol. The van der Waals surface area contributed by atoms with Crippen LogP contribution in [0.25, 0.3) is 0 Å². The maximum Gasteiger partial charge on any atom is 0.305 e. The second-order valence-corrected chi connectivity index (χ2v) is 12.6. The van der Waals surface area contributed by atoms with E-state index in [1.165, 1.54) is 6.08 Å². The molecule has 242 valence electrons. The Morgan fingerprint density at radius 3 is 2.11 bits per heavy atom. The molecule has 2 aromatic carbocycles. The van der Waals surface area contributed by atoms with E-state index in [0.29, 0.717) is 4.90 Å². The van der Waals surface area contributed by atoms with Crippen LogP contribution in [0.4, 0.5) is 32.0 Å². The van der Waals surface area contributed by atoms with Gasteiger partial charge in [-0.2, -0.15) is 0 Å². The van der Waals surface area contributed by atoms with Gasteiger partial charge in [0.05, 0.1) is 18.3 Å². The number of phenolic OH excluding ortho intramolecular Hbond substituents is 1. The predicted molar refractivity (Wildman–Crippen MR) is 143 cm³/mol. The van der Waals surface area contributed by atoms with Crippen molar-refractivity contribution >= 4 is 58.5 Å². The zero-order valence-corrected chi connectivity index (χ0v) is 24.3. The summed E-state index contributed by atoms with van der Waals surface area (Å²) in [6.07, 6.45) is -0.259. The van der Waals surface area contributed by atoms with E-state index < -0.39 is 139 Å². The minimum atomic E-state index is -2.93. The van der Waals surface area contributed by atoms with E-state index in [9.17, 15) is 46.6 Å². The fourth-order valence-electron chi connectivity index (χ4n) is 7.17. The first-order valence-electron chi connectivity index (χ1n) is 13.5. The van der Waals surface area contributed by atoms with Crippen LogP contribution in [-0.2, 0) is 24.0 Å². The van der Waals surface area contributed by atoms with Gasteiger partial charge in [0.15, 0.2) is 44.6 Å². The highest BCUT2D eigenvalue weighted by Crippen LogP contribution is 2.66. The first-order valence-corrected chi connectivity index (χ1v) is 14.3. The third kappa shape index (κ3) is 3.93. The number of aliphatic carboxylic acids is 1. The number of phenols is 1. The number of anilines is 1. The molecule has 2 aliphatic heterocycles. The number of carbonyl (C=O) groups excluding carboxylic acids is 4. The standard InChI is InChI=1S/C29H18Cl2F6N2O7/c30-28-8-12-9(4-5-10-15(12)25(44)38(24(10)43)7-6-14(40)41)16(11-2-1-3-13(32)23(11)42)29(28,31)27(46)39(26(28)45)22-20(36)18(34)17(33)19(35)21(22)37/h1-4,10,12,15-16,42H,5-8H2,(H,40,41). The second kappa shape index (κ2) is 10.5. The number of likely N-dealkylation sites (tertiary alicyclic amines) is 1. The van der Waals surface area contributed by atoms with Gasteiger partial charge < -0.3 is 10.2 Å². The number of hydrogen-bond donors (Lipinski definition) is 2. The maximum atomic E-state index is 15.0. The molecule has 2 saturated heterocycles. The fourth-order valence-corrected chi connectivity index (χ4v) is 8.10. The largest absolute Gasteiger partial charge is 0.505 e. The van der Waals surface area contributed by atoms with Gasteiger partial charge in [-0.3, -0.25) is 28.9 Å². The number of alkyl halides is 2. The van der Waals surface area contributed by atoms with Crippen LogP contribution < -0.4 is 4.90 Å². The van der Waals surface area contributed by atoms with E-state index in [1.54, 1.807) is 0 Å². The molecule has 0 aromatic heterocycles. The van der Waals surface area contributed by atoms with Crippen molar-refractivity contribution in [1.29, 1.82) is 0 Å². The predicted octanol–water partition coefficient (Wildman–Crippen LogP) is 4.26. The van der Waals surface area contributed by atoms with Gasteiger partial charge in [-0.25, -0.2) is 31.2 Å². The summed E-state index contributed by atoms with van der Waals surface area (Å²) in [6, 6.07) is 2.98. The minimum absolute atomic E-state index is 0.00456. The van der Waals surface area contributed by atoms with Crippen molar-refractivity contribution < 1.29 is 60.5 Å². The van der Waals surface area contributed by atoms with E-state index in [4.69, 9.17) is 28.3 Å². The Morgan fingerprint density at radius 2 is 1.50 bits per heavy atom. The number of aromatic hydroxyl groups is 1. The molecule has 2 aliphatic carbocycles. The lowest BCUT2D eigenvalue weighted by molar-refractivity contribution is -0.142. The summed E-state index contributed by atoms with van der Waals surface area (Å²) in [7, 11) is 0. The Labute approximate surface area is 263 Å². The highest BCUT2D eigenvalue weighted by Gasteiger charge is 2.77. The zero-order chi connectivity index (χ0) is 33.8. The summed E-state index contributed by atoms with van der Waals surface area (Å²) >= 11 is 13.8. The molecule has 4 amide bonds. The molecule has 0 radical (unpaired) electrons. The summed E-state index contributed by atoms with van der Waals surface area (Å²) in [4.78, 5) is 60.6. The number of amides is 4. The molecule has 6 atom stereocenters. The Hall–Kier alpha value is -4.11. The van der Waals surface area contributed by atoms with Crippen molar-refractivity contribution in [3.63, 3.8) is 0 Å². The molecule has 1 saturated carbocycles. The third-order valence-corrected chi connectivity index (χ3v) is 10.6. The van der Waals surface area contributed by atoms with Gasteiger partial charge in [0.25, 0.3) is 11.8 Å². The molecule has 0 spiro atoms. The third-order valence-electron chi connectivity index (χ3n) is 9.19. The number of carbonyl (C=O) groups is 5. The van der Waals surface area contributed by atoms with Crippen molar-refractivity contribution in [1.82, 2.24) is 4.90 Å². The number of nitrogens with zero attached hydrogens (tertiary/aromatic N) is 2. The van der Waals surface area contributed by atoms with Gasteiger partial charge in [-0.15, -0.1) is 23.2 Å². The van der Waals surface area contributed by atoms with E-state index in [1.807, 2.05) is 0 Å². The molecular weight excluding hydrogens is 673 g/mol. The van der Waals surface area contributed by atoms with Crippen molar-refractivity contribution in [2.24, 2.45) is 17.8 Å². The lowest BCUT2D eigenvalue weighted by Crippen LogP contribution is -2.60. The quantitative estimate of drug-likeness (QED) is 0.120. The number of carboxylic acids is 1. The first kappa shape index (κ1) is 31.9. The van der Waals surface area contributed by atoms with Crippen molar-refractivity contribution in [2.75, 3.05) is 11.4 Å². The van der Waals surface area contributed by atoms with E-state index in [0.717, 1.165) is 18.2 Å². The van der Waals surface area contributed by atoms with Crippen molar-refractivity contribution in [3.05, 3.63) is 70.3 Å². The average Bonchev–Trinajstić information content (AvgIpc) is 3.34. The summed E-state index contributed by atoms with van der Waals surface area (Å²) < 4.78 is 87.2. The summed E-state index contributed by atoms with van der Waals surface area (Å²) in [5.74, 6) is -27.1. The topological polar surface area (TPSA) is 132 Å². The van der Waals surface area contributed by atoms with Crippen LogP contribution in [0.15, 0.2) is 29.8 Å². The van der Waals surface area contributed by atoms with Crippen molar-refractivity contribution in [2.45, 2.75) is 34.9 Å². The molecule has 9 nitrogen and oxygen atoms in total. The molecule has 0 bridgehead atoms. The molecule has 2 heterocycles. The smallest absolute Gasteiger partial charge is 0.305 e. The second-order valence-electron chi connectivity index (χ2n) is 11.3. The lowest BCUT2D eigenvalue weighted by atomic mass is 9.56. The Bertz CT molecular complexity index is 1810. The molecule has 2 N–H and O–H groups in total. The first-order chi connectivity index (χ1) is 21.5. The number of para-hydroxylation sites is 1. The van der Waals surface area contributed by atoms with Crippen LogP contribution >= 0.6 is 23.2 Å². The fraction of sp³-hybridized carbons (Fsp3) is 0.345. The number of carboxylic acid groups (broad SMARTS) is 1. The van der Waals surface area contributed by atoms with Crippen LogP contribution in [0.5, 0.6) is 5.75 Å². The summed E-state index contributed by atoms with van der Waals surface area (Å²) in [5, 5.41) is 19.9. The molecular formula is C29H18Cl2F6N2O7. The molecule has 17 heteroatoms. The van der Waals surface area contributed by atoms with Gasteiger partial charge in [0.2, 0.25) is 17.6 Å². The van der Waals surface area contributed by atoms with Crippen LogP contribution in [0, 0.1) is 52.7 Å². The van der Waals surface area contributed by atoms with Gasteiger partial charge in [0, 0.05) is 18.0 Å². The molecule has 46 heavy (non-hydrogen) atoms. The number of halogens is 8. The number of benzene rings is 2. The summed E-state index contributed by atoms with van der Waals surface area (Å²) in [5.41, 5.74) is -2.46. The Morgan fingerprint density at radius 1 is 0.891 bits per heavy atom. The van der Waals surface area contributed by atoms with Gasteiger partial charge in [-0.1, -0.05) is 23.8 Å². The van der Waals surface area contributed by atoms with E-state index >= 15 is 8.78 Å². The number of fused-ring (bicyclic) bond motifs is 4. The van der Waals surface area contributed by atoms with E-state index in [2.05, 4.69) is 0 Å². The molecule has 6 unspecified atom stereocenters. The number of imide groups is 2. The van der Waals surface area contributed by atoms with Gasteiger partial charge >= 0.3 is 5.97 Å². The number of hydrogen-bond acceptors (Lipinski definition) is 6. The van der Waals surface area contributed by atoms with E-state index in [-0.39, 0.29) is 12.0 Å². The van der Waals surface area contributed by atoms with Crippen LogP contribution in [0.3, 0.4) is 0 Å². The molecule has 4 aliphatic rings. The molecule has 3 fully saturated rings. The Kier molecular flexibility index (Phi) is 7.24. The number of rotatable bonds is 5.